The highest BCUT2D eigenvalue weighted by molar-refractivity contribution is 7.94. The minimum absolute atomic E-state index is 0.332. The minimum Gasteiger partial charge on any atom is -0.316 e. The summed E-state index contributed by atoms with van der Waals surface area (Å²) >= 11 is 2.68. The maximum atomic E-state index is 12.3. The molecule has 20 heavy (non-hydrogen) atoms. The lowest BCUT2D eigenvalue weighted by Crippen LogP contribution is -2.11. The van der Waals surface area contributed by atoms with Crippen molar-refractivity contribution in [3.63, 3.8) is 0 Å². The molecule has 0 unspecified atom stereocenters. The summed E-state index contributed by atoms with van der Waals surface area (Å²) < 4.78 is 27.5. The van der Waals surface area contributed by atoms with Crippen molar-refractivity contribution in [1.29, 1.82) is 0 Å². The van der Waals surface area contributed by atoms with Gasteiger partial charge in [-0.2, -0.15) is 0 Å². The first kappa shape index (κ1) is 14.0. The summed E-state index contributed by atoms with van der Waals surface area (Å²) in [4.78, 5) is 5.58. The number of sulfonamides is 1. The molecule has 0 bridgehead atoms. The van der Waals surface area contributed by atoms with E-state index in [4.69, 9.17) is 0 Å². The van der Waals surface area contributed by atoms with Gasteiger partial charge in [-0.05, 0) is 43.3 Å². The maximum Gasteiger partial charge on any atom is 0.273 e. The molecule has 0 aromatic carbocycles. The quantitative estimate of drug-likeness (QED) is 0.882. The van der Waals surface area contributed by atoms with Crippen molar-refractivity contribution in [2.24, 2.45) is 0 Å². The second-order valence-electron chi connectivity index (χ2n) is 4.65. The largest absolute Gasteiger partial charge is 0.316 e. The van der Waals surface area contributed by atoms with Gasteiger partial charge in [-0.1, -0.05) is 0 Å². The van der Waals surface area contributed by atoms with Crippen LogP contribution in [0, 0.1) is 0 Å². The Kier molecular flexibility index (Phi) is 3.80. The fourth-order valence-corrected chi connectivity index (χ4v) is 5.68. The van der Waals surface area contributed by atoms with Crippen molar-refractivity contribution in [3.8, 4) is 0 Å². The van der Waals surface area contributed by atoms with Crippen LogP contribution in [0.3, 0.4) is 0 Å². The molecule has 2 heterocycles. The number of aryl methyl sites for hydroxylation is 2. The summed E-state index contributed by atoms with van der Waals surface area (Å²) in [6, 6.07) is 1.70. The van der Waals surface area contributed by atoms with Gasteiger partial charge in [0.15, 0.2) is 5.13 Å². The predicted octanol–water partition coefficient (Wildman–Crippen LogP) is 2.21. The number of thiophene rings is 1. The fraction of sp³-hybridized carbons (Fsp3) is 0.417. The summed E-state index contributed by atoms with van der Waals surface area (Å²) in [5, 5.41) is 5.34. The number of rotatable bonds is 5. The van der Waals surface area contributed by atoms with E-state index in [9.17, 15) is 8.42 Å². The molecular formula is C12H15N3O2S3. The summed E-state index contributed by atoms with van der Waals surface area (Å²) in [6.07, 6.45) is 3.10. The number of hydrogen-bond donors (Lipinski definition) is 2. The van der Waals surface area contributed by atoms with Crippen LogP contribution in [0.2, 0.25) is 0 Å². The van der Waals surface area contributed by atoms with Crippen LogP contribution < -0.4 is 10.0 Å². The van der Waals surface area contributed by atoms with E-state index >= 15 is 0 Å². The monoisotopic (exact) mass is 329 g/mol. The number of fused-ring (bicyclic) bond motifs is 1. The fourth-order valence-electron chi connectivity index (χ4n) is 2.19. The molecule has 5 nitrogen and oxygen atoms in total. The third kappa shape index (κ3) is 2.73. The highest BCUT2D eigenvalue weighted by Gasteiger charge is 2.22. The zero-order valence-electron chi connectivity index (χ0n) is 11.0. The maximum absolute atomic E-state index is 12.3. The highest BCUT2D eigenvalue weighted by atomic mass is 32.2. The topological polar surface area (TPSA) is 71.1 Å². The van der Waals surface area contributed by atoms with Gasteiger partial charge in [-0.25, -0.2) is 13.4 Å². The zero-order chi connectivity index (χ0) is 14.2. The lowest BCUT2D eigenvalue weighted by atomic mass is 10.3. The molecule has 2 N–H and O–H groups in total. The van der Waals surface area contributed by atoms with Gasteiger partial charge in [0.2, 0.25) is 0 Å². The molecule has 1 aliphatic carbocycles. The van der Waals surface area contributed by atoms with Crippen LogP contribution in [-0.4, -0.2) is 20.4 Å². The van der Waals surface area contributed by atoms with E-state index in [0.717, 1.165) is 30.5 Å². The Labute approximate surface area is 126 Å². The molecule has 0 amide bonds. The van der Waals surface area contributed by atoms with Crippen molar-refractivity contribution in [3.05, 3.63) is 27.6 Å². The molecule has 2 aromatic heterocycles. The van der Waals surface area contributed by atoms with Gasteiger partial charge in [0.05, 0.1) is 5.69 Å². The van der Waals surface area contributed by atoms with Gasteiger partial charge < -0.3 is 5.32 Å². The van der Waals surface area contributed by atoms with Gasteiger partial charge in [0, 0.05) is 11.4 Å². The van der Waals surface area contributed by atoms with Gasteiger partial charge >= 0.3 is 0 Å². The molecule has 0 saturated heterocycles. The van der Waals surface area contributed by atoms with E-state index in [1.54, 1.807) is 6.07 Å². The molecule has 8 heteroatoms. The van der Waals surface area contributed by atoms with Gasteiger partial charge in [-0.3, -0.25) is 4.72 Å². The lowest BCUT2D eigenvalue weighted by molar-refractivity contribution is 0.603. The number of aromatic nitrogens is 1. The average Bonchev–Trinajstić information content (AvgIpc) is 3.03. The molecule has 0 fully saturated rings. The van der Waals surface area contributed by atoms with Crippen LogP contribution in [0.4, 0.5) is 5.13 Å². The van der Waals surface area contributed by atoms with Gasteiger partial charge in [-0.15, -0.1) is 22.7 Å². The lowest BCUT2D eigenvalue weighted by Gasteiger charge is -2.02. The van der Waals surface area contributed by atoms with Crippen molar-refractivity contribution >= 4 is 37.8 Å². The molecule has 0 spiro atoms. The molecule has 0 saturated carbocycles. The molecule has 3 rings (SSSR count). The Bertz CT molecular complexity index is 697. The van der Waals surface area contributed by atoms with Gasteiger partial charge in [0.1, 0.15) is 4.21 Å². The Hall–Kier alpha value is -0.960. The minimum atomic E-state index is -3.51. The summed E-state index contributed by atoms with van der Waals surface area (Å²) in [5.41, 5.74) is 2.02. The van der Waals surface area contributed by atoms with Crippen LogP contribution in [0.15, 0.2) is 15.7 Å². The van der Waals surface area contributed by atoms with E-state index in [-0.39, 0.29) is 0 Å². The summed E-state index contributed by atoms with van der Waals surface area (Å²) in [6.45, 7) is 0.664. The third-order valence-corrected chi connectivity index (χ3v) is 7.12. The molecule has 2 aromatic rings. The smallest absolute Gasteiger partial charge is 0.273 e. The normalized spacial score (nSPS) is 14.4. The Balaban J connectivity index is 1.80. The number of anilines is 1. The van der Waals surface area contributed by atoms with Crippen LogP contribution in [0.25, 0.3) is 0 Å². The standard InChI is InChI=1S/C12H15N3O2S3/c1-13-6-8-5-11(18-7-8)20(16,17)15-12-14-9-3-2-4-10(9)19-12/h5,7,13H,2-4,6H2,1H3,(H,14,15). The van der Waals surface area contributed by atoms with E-state index in [1.165, 1.54) is 27.6 Å². The summed E-state index contributed by atoms with van der Waals surface area (Å²) in [7, 11) is -1.68. The van der Waals surface area contributed by atoms with Gasteiger partial charge in [0.25, 0.3) is 10.0 Å². The third-order valence-electron chi connectivity index (χ3n) is 3.09. The first-order valence-electron chi connectivity index (χ1n) is 6.32. The molecule has 1 aliphatic rings. The van der Waals surface area contributed by atoms with Crippen molar-refractivity contribution < 1.29 is 8.42 Å². The van der Waals surface area contributed by atoms with Crippen LogP contribution in [-0.2, 0) is 29.4 Å². The molecular weight excluding hydrogens is 314 g/mol. The van der Waals surface area contributed by atoms with Crippen LogP contribution in [0.1, 0.15) is 22.6 Å². The second kappa shape index (κ2) is 5.44. The zero-order valence-corrected chi connectivity index (χ0v) is 13.4. The van der Waals surface area contributed by atoms with Crippen molar-refractivity contribution in [2.75, 3.05) is 11.8 Å². The molecule has 108 valence electrons. The SMILES string of the molecule is CNCc1csc(S(=O)(=O)Nc2nc3c(s2)CCC3)c1. The number of nitrogens with one attached hydrogen (secondary N) is 2. The Morgan fingerprint density at radius 1 is 1.40 bits per heavy atom. The van der Waals surface area contributed by atoms with E-state index in [0.29, 0.717) is 15.9 Å². The van der Waals surface area contributed by atoms with E-state index < -0.39 is 10.0 Å². The highest BCUT2D eigenvalue weighted by Crippen LogP contribution is 2.32. The van der Waals surface area contributed by atoms with Crippen LogP contribution >= 0.6 is 22.7 Å². The second-order valence-corrected chi connectivity index (χ2v) is 8.56. The first-order valence-corrected chi connectivity index (χ1v) is 9.50. The number of hydrogen-bond acceptors (Lipinski definition) is 6. The first-order chi connectivity index (χ1) is 9.58. The van der Waals surface area contributed by atoms with E-state index in [2.05, 4.69) is 15.0 Å². The van der Waals surface area contributed by atoms with Crippen molar-refractivity contribution in [2.45, 2.75) is 30.0 Å². The average molecular weight is 329 g/mol. The predicted molar refractivity (Wildman–Crippen MR) is 82.0 cm³/mol. The van der Waals surface area contributed by atoms with Crippen LogP contribution in [0.5, 0.6) is 0 Å². The molecule has 0 aliphatic heterocycles. The molecule has 0 atom stereocenters. The molecule has 0 radical (unpaired) electrons. The van der Waals surface area contributed by atoms with E-state index in [1.807, 2.05) is 12.4 Å². The van der Waals surface area contributed by atoms with Crippen molar-refractivity contribution in [1.82, 2.24) is 10.3 Å². The Morgan fingerprint density at radius 3 is 3.00 bits per heavy atom. The number of nitrogens with zero attached hydrogens (tertiary/aromatic N) is 1. The summed E-state index contributed by atoms with van der Waals surface area (Å²) in [5.74, 6) is 0. The Morgan fingerprint density at radius 2 is 2.25 bits per heavy atom. The number of thiazole rings is 1.